The van der Waals surface area contributed by atoms with Crippen LogP contribution in [0.25, 0.3) is 5.76 Å². The normalized spacial score (nSPS) is 16.3. The van der Waals surface area contributed by atoms with Gasteiger partial charge < -0.3 is 24.4 Å². The standard InChI is InChI=1S/C34H38N2O5/c1-5-21-40-28-15-11-26(12-16-28)31-30(33(38)34(39)36(31)20-19-35(6-2)7-3)32(37)27-13-17-29(18-14-27)41-23-25-10-8-9-24(4)22-25/h5,8-18,22,31,37H,1,6-7,19-21,23H2,2-4H3. The molecule has 0 bridgehead atoms. The van der Waals surface area contributed by atoms with E-state index in [1.54, 1.807) is 47.4 Å². The summed E-state index contributed by atoms with van der Waals surface area (Å²) in [5.41, 5.74) is 3.44. The molecule has 0 spiro atoms. The van der Waals surface area contributed by atoms with Crippen LogP contribution in [-0.4, -0.2) is 59.4 Å². The van der Waals surface area contributed by atoms with E-state index in [1.165, 1.54) is 0 Å². The second-order valence-corrected chi connectivity index (χ2v) is 9.99. The van der Waals surface area contributed by atoms with E-state index in [4.69, 9.17) is 9.47 Å². The molecule has 1 aliphatic heterocycles. The van der Waals surface area contributed by atoms with E-state index < -0.39 is 17.7 Å². The molecule has 1 saturated heterocycles. The number of hydrogen-bond donors (Lipinski definition) is 1. The van der Waals surface area contributed by atoms with Gasteiger partial charge in [-0.1, -0.05) is 68.5 Å². The fourth-order valence-electron chi connectivity index (χ4n) is 4.98. The van der Waals surface area contributed by atoms with Crippen LogP contribution in [-0.2, 0) is 16.2 Å². The largest absolute Gasteiger partial charge is 0.507 e. The molecule has 7 nitrogen and oxygen atoms in total. The van der Waals surface area contributed by atoms with E-state index in [0.29, 0.717) is 48.9 Å². The highest BCUT2D eigenvalue weighted by atomic mass is 16.5. The Balaban J connectivity index is 1.64. The Kier molecular flexibility index (Phi) is 9.98. The molecule has 1 amide bonds. The number of likely N-dealkylation sites (tertiary alicyclic amines) is 1. The van der Waals surface area contributed by atoms with Crippen LogP contribution in [0.4, 0.5) is 0 Å². The lowest BCUT2D eigenvalue weighted by atomic mass is 9.95. The number of aryl methyl sites for hydroxylation is 1. The Labute approximate surface area is 242 Å². The van der Waals surface area contributed by atoms with Gasteiger partial charge in [0.25, 0.3) is 11.7 Å². The topological polar surface area (TPSA) is 79.3 Å². The van der Waals surface area contributed by atoms with Gasteiger partial charge in [0.05, 0.1) is 11.6 Å². The predicted molar refractivity (Wildman–Crippen MR) is 161 cm³/mol. The van der Waals surface area contributed by atoms with Crippen molar-refractivity contribution in [1.82, 2.24) is 9.80 Å². The summed E-state index contributed by atoms with van der Waals surface area (Å²) in [7, 11) is 0. The number of aliphatic hydroxyl groups excluding tert-OH is 1. The summed E-state index contributed by atoms with van der Waals surface area (Å²) < 4.78 is 11.5. The van der Waals surface area contributed by atoms with Gasteiger partial charge in [0.1, 0.15) is 30.5 Å². The number of aliphatic hydroxyl groups is 1. The number of benzene rings is 3. The molecule has 1 aliphatic rings. The maximum atomic E-state index is 13.4. The lowest BCUT2D eigenvalue weighted by molar-refractivity contribution is -0.140. The Bertz CT molecular complexity index is 1390. The van der Waals surface area contributed by atoms with Gasteiger partial charge in [-0.25, -0.2) is 0 Å². The molecule has 1 fully saturated rings. The van der Waals surface area contributed by atoms with Crippen molar-refractivity contribution in [2.45, 2.75) is 33.4 Å². The summed E-state index contributed by atoms with van der Waals surface area (Å²) in [6, 6.07) is 21.5. The molecule has 1 heterocycles. The van der Waals surface area contributed by atoms with Crippen molar-refractivity contribution in [2.75, 3.05) is 32.8 Å². The fourth-order valence-corrected chi connectivity index (χ4v) is 4.98. The average molecular weight is 555 g/mol. The molecule has 7 heteroatoms. The number of carbonyl (C=O) groups excluding carboxylic acids is 2. The van der Waals surface area contributed by atoms with Crippen molar-refractivity contribution < 1.29 is 24.2 Å². The average Bonchev–Trinajstić information content (AvgIpc) is 3.25. The van der Waals surface area contributed by atoms with Crippen molar-refractivity contribution in [3.63, 3.8) is 0 Å². The highest BCUT2D eigenvalue weighted by Crippen LogP contribution is 2.40. The first kappa shape index (κ1) is 29.6. The molecule has 1 atom stereocenters. The van der Waals surface area contributed by atoms with Crippen LogP contribution in [0.2, 0.25) is 0 Å². The minimum atomic E-state index is -0.726. The van der Waals surface area contributed by atoms with Crippen molar-refractivity contribution in [1.29, 1.82) is 0 Å². The number of Topliss-reactive ketones (excluding diaryl/α,β-unsaturated/α-hetero) is 1. The molecule has 214 valence electrons. The van der Waals surface area contributed by atoms with Gasteiger partial charge >= 0.3 is 0 Å². The van der Waals surface area contributed by atoms with E-state index >= 15 is 0 Å². The zero-order valence-electron chi connectivity index (χ0n) is 24.0. The Morgan fingerprint density at radius 2 is 1.63 bits per heavy atom. The smallest absolute Gasteiger partial charge is 0.295 e. The number of rotatable bonds is 13. The quantitative estimate of drug-likeness (QED) is 0.123. The summed E-state index contributed by atoms with van der Waals surface area (Å²) >= 11 is 0. The minimum absolute atomic E-state index is 0.0720. The number of ketones is 1. The Hall–Kier alpha value is -4.36. The molecular formula is C34H38N2O5. The number of hydrogen-bond acceptors (Lipinski definition) is 6. The molecule has 1 unspecified atom stereocenters. The second kappa shape index (κ2) is 13.8. The van der Waals surface area contributed by atoms with Crippen LogP contribution in [0.5, 0.6) is 11.5 Å². The van der Waals surface area contributed by atoms with Gasteiger partial charge in [0.2, 0.25) is 0 Å². The van der Waals surface area contributed by atoms with Crippen molar-refractivity contribution in [2.24, 2.45) is 0 Å². The first-order valence-corrected chi connectivity index (χ1v) is 14.0. The van der Waals surface area contributed by atoms with E-state index in [2.05, 4.69) is 31.4 Å². The molecule has 0 aromatic heterocycles. The molecule has 0 aliphatic carbocycles. The van der Waals surface area contributed by atoms with Gasteiger partial charge in [0, 0.05) is 18.7 Å². The number of amides is 1. The van der Waals surface area contributed by atoms with Crippen LogP contribution in [0, 0.1) is 6.92 Å². The Morgan fingerprint density at radius 1 is 0.976 bits per heavy atom. The third-order valence-electron chi connectivity index (χ3n) is 7.27. The second-order valence-electron chi connectivity index (χ2n) is 9.99. The van der Waals surface area contributed by atoms with E-state index in [1.807, 2.05) is 37.3 Å². The lowest BCUT2D eigenvalue weighted by Crippen LogP contribution is -2.38. The zero-order chi connectivity index (χ0) is 29.4. The van der Waals surface area contributed by atoms with Crippen molar-refractivity contribution >= 4 is 17.4 Å². The van der Waals surface area contributed by atoms with Crippen molar-refractivity contribution in [3.8, 4) is 11.5 Å². The maximum absolute atomic E-state index is 13.4. The van der Waals surface area contributed by atoms with Gasteiger partial charge in [-0.15, -0.1) is 0 Å². The summed E-state index contributed by atoms with van der Waals surface area (Å²) in [5.74, 6) is -0.243. The van der Waals surface area contributed by atoms with Crippen LogP contribution in [0.15, 0.2) is 91.0 Å². The Morgan fingerprint density at radius 3 is 2.27 bits per heavy atom. The first-order chi connectivity index (χ1) is 19.9. The lowest BCUT2D eigenvalue weighted by Gasteiger charge is -2.28. The molecule has 41 heavy (non-hydrogen) atoms. The third kappa shape index (κ3) is 7.05. The van der Waals surface area contributed by atoms with Crippen LogP contribution in [0.3, 0.4) is 0 Å². The maximum Gasteiger partial charge on any atom is 0.295 e. The monoisotopic (exact) mass is 554 g/mol. The zero-order valence-corrected chi connectivity index (χ0v) is 24.0. The number of nitrogens with zero attached hydrogens (tertiary/aromatic N) is 2. The molecule has 3 aromatic carbocycles. The third-order valence-corrected chi connectivity index (χ3v) is 7.27. The summed E-state index contributed by atoms with van der Waals surface area (Å²) in [6.45, 7) is 13.2. The van der Waals surface area contributed by atoms with E-state index in [-0.39, 0.29) is 11.3 Å². The number of likely N-dealkylation sites (N-methyl/N-ethyl adjacent to an activating group) is 1. The highest BCUT2D eigenvalue weighted by molar-refractivity contribution is 6.46. The van der Waals surface area contributed by atoms with E-state index in [9.17, 15) is 14.7 Å². The van der Waals surface area contributed by atoms with Crippen molar-refractivity contribution in [3.05, 3.63) is 113 Å². The first-order valence-electron chi connectivity index (χ1n) is 14.0. The molecule has 3 aromatic rings. The number of ether oxygens (including phenoxy) is 2. The van der Waals surface area contributed by atoms with E-state index in [0.717, 1.165) is 24.2 Å². The van der Waals surface area contributed by atoms with Gasteiger partial charge in [0.15, 0.2) is 0 Å². The van der Waals surface area contributed by atoms with Gasteiger partial charge in [-0.2, -0.15) is 0 Å². The van der Waals surface area contributed by atoms with Gasteiger partial charge in [-0.3, -0.25) is 9.59 Å². The molecule has 0 radical (unpaired) electrons. The molecule has 4 rings (SSSR count). The molecule has 0 saturated carbocycles. The molecular weight excluding hydrogens is 516 g/mol. The van der Waals surface area contributed by atoms with Crippen LogP contribution in [0.1, 0.15) is 42.1 Å². The van der Waals surface area contributed by atoms with Crippen LogP contribution < -0.4 is 9.47 Å². The SMILES string of the molecule is C=CCOc1ccc(C2C(=C(O)c3ccc(OCc4cccc(C)c4)cc3)C(=O)C(=O)N2CCN(CC)CC)cc1. The number of carbonyl (C=O) groups is 2. The molecule has 1 N–H and O–H groups in total. The highest BCUT2D eigenvalue weighted by Gasteiger charge is 2.46. The minimum Gasteiger partial charge on any atom is -0.507 e. The summed E-state index contributed by atoms with van der Waals surface area (Å²) in [5, 5.41) is 11.4. The summed E-state index contributed by atoms with van der Waals surface area (Å²) in [6.07, 6.45) is 1.66. The summed E-state index contributed by atoms with van der Waals surface area (Å²) in [4.78, 5) is 30.4. The van der Waals surface area contributed by atoms with Crippen LogP contribution >= 0.6 is 0 Å². The fraction of sp³-hybridized carbons (Fsp3) is 0.294. The van der Waals surface area contributed by atoms with Gasteiger partial charge in [-0.05, 0) is 67.5 Å². The predicted octanol–water partition coefficient (Wildman–Crippen LogP) is 5.90.